The highest BCUT2D eigenvalue weighted by molar-refractivity contribution is 5.91. The Morgan fingerprint density at radius 1 is 1.58 bits per heavy atom. The van der Waals surface area contributed by atoms with Crippen molar-refractivity contribution in [1.82, 2.24) is 20.1 Å². The maximum absolute atomic E-state index is 13.0. The smallest absolute Gasteiger partial charge is 0.328 e. The molecule has 2 rings (SSSR count). The van der Waals surface area contributed by atoms with Gasteiger partial charge in [-0.25, -0.2) is 10.6 Å². The molecule has 0 saturated carbocycles. The number of rotatable bonds is 3. The number of hydrogen-bond acceptors (Lipinski definition) is 6. The van der Waals surface area contributed by atoms with Crippen LogP contribution in [0, 0.1) is 5.82 Å². The van der Waals surface area contributed by atoms with Crippen molar-refractivity contribution in [2.75, 3.05) is 0 Å². The summed E-state index contributed by atoms with van der Waals surface area (Å²) >= 11 is 0. The third-order valence-electron chi connectivity index (χ3n) is 2.22. The number of nitrogens with zero attached hydrogens (tertiary/aromatic N) is 2. The molecule has 10 heteroatoms. The number of H-pyrrole nitrogens is 1. The van der Waals surface area contributed by atoms with Gasteiger partial charge in [-0.1, -0.05) is 5.16 Å². The average molecular weight is 269 g/mol. The van der Waals surface area contributed by atoms with Crippen molar-refractivity contribution < 1.29 is 13.7 Å². The first-order valence-corrected chi connectivity index (χ1v) is 4.97. The summed E-state index contributed by atoms with van der Waals surface area (Å²) in [7, 11) is 0. The number of amides is 1. The van der Waals surface area contributed by atoms with Crippen LogP contribution in [-0.4, -0.2) is 20.6 Å². The molecule has 0 aliphatic carbocycles. The fourth-order valence-electron chi connectivity index (χ4n) is 1.34. The van der Waals surface area contributed by atoms with Crippen LogP contribution in [0.1, 0.15) is 16.2 Å². The van der Waals surface area contributed by atoms with Crippen molar-refractivity contribution in [2.24, 2.45) is 5.84 Å². The average Bonchev–Trinajstić information content (AvgIpc) is 2.83. The summed E-state index contributed by atoms with van der Waals surface area (Å²) in [6.45, 7) is -0.197. The van der Waals surface area contributed by atoms with Gasteiger partial charge in [0.15, 0.2) is 11.5 Å². The van der Waals surface area contributed by atoms with Gasteiger partial charge >= 0.3 is 5.69 Å². The number of nitrogen functional groups attached to an aromatic ring is 1. The molecule has 2 aromatic heterocycles. The van der Waals surface area contributed by atoms with E-state index in [1.54, 1.807) is 4.98 Å². The van der Waals surface area contributed by atoms with Crippen LogP contribution < -0.4 is 22.5 Å². The van der Waals surface area contributed by atoms with E-state index in [2.05, 4.69) is 5.16 Å². The molecule has 0 bridgehead atoms. The first-order chi connectivity index (χ1) is 9.01. The maximum atomic E-state index is 13.0. The van der Waals surface area contributed by atoms with Gasteiger partial charge in [-0.3, -0.25) is 24.6 Å². The molecular weight excluding hydrogens is 261 g/mol. The summed E-state index contributed by atoms with van der Waals surface area (Å²) in [6, 6.07) is 1.23. The number of carbonyl (C=O) groups is 1. The van der Waals surface area contributed by atoms with E-state index in [0.717, 1.165) is 10.8 Å². The Morgan fingerprint density at radius 2 is 2.32 bits per heavy atom. The number of nitrogens with one attached hydrogen (secondary N) is 2. The van der Waals surface area contributed by atoms with Gasteiger partial charge < -0.3 is 4.52 Å². The maximum Gasteiger partial charge on any atom is 0.328 e. The number of aromatic amines is 1. The Kier molecular flexibility index (Phi) is 3.25. The molecule has 1 amide bonds. The molecule has 0 aliphatic rings. The number of carbonyl (C=O) groups excluding carboxylic acids is 1. The highest BCUT2D eigenvalue weighted by atomic mass is 19.1. The minimum absolute atomic E-state index is 0.0876. The monoisotopic (exact) mass is 269 g/mol. The molecule has 0 aromatic carbocycles. The highest BCUT2D eigenvalue weighted by Crippen LogP contribution is 2.04. The van der Waals surface area contributed by atoms with Crippen molar-refractivity contribution in [3.05, 3.63) is 50.4 Å². The minimum atomic E-state index is -1.11. The summed E-state index contributed by atoms with van der Waals surface area (Å²) in [5, 5.41) is 3.40. The van der Waals surface area contributed by atoms with Crippen LogP contribution in [0.4, 0.5) is 4.39 Å². The largest absolute Gasteiger partial charge is 0.359 e. The Balaban J connectivity index is 2.29. The first-order valence-electron chi connectivity index (χ1n) is 4.97. The SMILES string of the molecule is NNC(=O)c1cc(Cn2cc(F)c(=O)[nH]c2=O)on1. The lowest BCUT2D eigenvalue weighted by atomic mass is 10.3. The van der Waals surface area contributed by atoms with E-state index in [4.69, 9.17) is 10.4 Å². The molecule has 19 heavy (non-hydrogen) atoms. The number of hydrazine groups is 1. The minimum Gasteiger partial charge on any atom is -0.359 e. The van der Waals surface area contributed by atoms with Gasteiger partial charge in [0, 0.05) is 6.07 Å². The van der Waals surface area contributed by atoms with Crippen LogP contribution in [-0.2, 0) is 6.54 Å². The molecule has 4 N–H and O–H groups in total. The molecule has 0 fully saturated rings. The van der Waals surface area contributed by atoms with Crippen LogP contribution in [0.25, 0.3) is 0 Å². The van der Waals surface area contributed by atoms with Gasteiger partial charge in [0.2, 0.25) is 5.82 Å². The van der Waals surface area contributed by atoms with Gasteiger partial charge in [0.1, 0.15) is 0 Å². The zero-order chi connectivity index (χ0) is 14.0. The lowest BCUT2D eigenvalue weighted by Gasteiger charge is -2.00. The van der Waals surface area contributed by atoms with E-state index >= 15 is 0 Å². The second kappa shape index (κ2) is 4.86. The Bertz CT molecular complexity index is 731. The molecule has 2 heterocycles. The summed E-state index contributed by atoms with van der Waals surface area (Å²) < 4.78 is 18.7. The lowest BCUT2D eigenvalue weighted by molar-refractivity contribution is 0.0944. The highest BCUT2D eigenvalue weighted by Gasteiger charge is 2.12. The number of hydrogen-bond donors (Lipinski definition) is 3. The van der Waals surface area contributed by atoms with Gasteiger partial charge in [-0.2, -0.15) is 4.39 Å². The number of halogens is 1. The normalized spacial score (nSPS) is 10.4. The molecule has 0 radical (unpaired) electrons. The zero-order valence-corrected chi connectivity index (χ0v) is 9.34. The summed E-state index contributed by atoms with van der Waals surface area (Å²) in [4.78, 5) is 35.1. The van der Waals surface area contributed by atoms with E-state index < -0.39 is 23.0 Å². The zero-order valence-electron chi connectivity index (χ0n) is 9.34. The predicted molar refractivity (Wildman–Crippen MR) is 58.5 cm³/mol. The number of aromatic nitrogens is 3. The molecule has 0 atom stereocenters. The first kappa shape index (κ1) is 12.7. The summed E-state index contributed by atoms with van der Waals surface area (Å²) in [5.41, 5.74) is -0.160. The van der Waals surface area contributed by atoms with E-state index in [1.807, 2.05) is 5.43 Å². The molecule has 100 valence electrons. The standard InChI is InChI=1S/C9H8FN5O4/c10-5-3-15(9(18)12-7(5)16)2-4-1-6(14-19-4)8(17)13-11/h1,3H,2,11H2,(H,13,17)(H,12,16,18). The van der Waals surface area contributed by atoms with Crippen LogP contribution in [0.2, 0.25) is 0 Å². The molecule has 9 nitrogen and oxygen atoms in total. The van der Waals surface area contributed by atoms with Crippen LogP contribution >= 0.6 is 0 Å². The predicted octanol–water partition coefficient (Wildman–Crippen LogP) is -1.68. The third-order valence-corrected chi connectivity index (χ3v) is 2.22. The second-order valence-electron chi connectivity index (χ2n) is 3.52. The Labute approximate surface area is 103 Å². The third kappa shape index (κ3) is 2.57. The van der Waals surface area contributed by atoms with Crippen molar-refractivity contribution >= 4 is 5.91 Å². The Hall–Kier alpha value is -2.75. The van der Waals surface area contributed by atoms with Crippen LogP contribution in [0.15, 0.2) is 26.4 Å². The van der Waals surface area contributed by atoms with Gasteiger partial charge in [0.05, 0.1) is 12.7 Å². The molecule has 0 saturated heterocycles. The van der Waals surface area contributed by atoms with Crippen molar-refractivity contribution in [3.8, 4) is 0 Å². The van der Waals surface area contributed by atoms with E-state index in [1.165, 1.54) is 6.07 Å². The quantitative estimate of drug-likeness (QED) is 0.345. The second-order valence-corrected chi connectivity index (χ2v) is 3.52. The van der Waals surface area contributed by atoms with E-state index in [0.29, 0.717) is 0 Å². The molecule has 0 unspecified atom stereocenters. The fraction of sp³-hybridized carbons (Fsp3) is 0.111. The number of nitrogens with two attached hydrogens (primary N) is 1. The van der Waals surface area contributed by atoms with Crippen molar-refractivity contribution in [3.63, 3.8) is 0 Å². The Morgan fingerprint density at radius 3 is 3.00 bits per heavy atom. The lowest BCUT2D eigenvalue weighted by Crippen LogP contribution is -2.31. The van der Waals surface area contributed by atoms with Crippen molar-refractivity contribution in [1.29, 1.82) is 0 Å². The van der Waals surface area contributed by atoms with Gasteiger partial charge in [-0.05, 0) is 0 Å². The van der Waals surface area contributed by atoms with Gasteiger partial charge in [0.25, 0.3) is 11.5 Å². The van der Waals surface area contributed by atoms with Crippen LogP contribution in [0.5, 0.6) is 0 Å². The molecule has 0 aliphatic heterocycles. The van der Waals surface area contributed by atoms with E-state index in [-0.39, 0.29) is 18.0 Å². The topological polar surface area (TPSA) is 136 Å². The summed E-state index contributed by atoms with van der Waals surface area (Å²) in [6.07, 6.45) is 0.729. The van der Waals surface area contributed by atoms with Crippen LogP contribution in [0.3, 0.4) is 0 Å². The molecule has 2 aromatic rings. The summed E-state index contributed by atoms with van der Waals surface area (Å²) in [5.74, 6) is 3.24. The van der Waals surface area contributed by atoms with Gasteiger partial charge in [-0.15, -0.1) is 0 Å². The molecular formula is C9H8FN5O4. The van der Waals surface area contributed by atoms with Crippen molar-refractivity contribution in [2.45, 2.75) is 6.54 Å². The fourth-order valence-corrected chi connectivity index (χ4v) is 1.34. The molecule has 0 spiro atoms. The van der Waals surface area contributed by atoms with E-state index in [9.17, 15) is 18.8 Å².